The Morgan fingerprint density at radius 3 is 2.19 bits per heavy atom. The summed E-state index contributed by atoms with van der Waals surface area (Å²) in [6.07, 6.45) is -4.53. The minimum absolute atomic E-state index is 0. The summed E-state index contributed by atoms with van der Waals surface area (Å²) >= 11 is 6.07. The molecule has 0 spiro atoms. The smallest absolute Gasteiger partial charge is 0.417 e. The number of halogens is 5. The van der Waals surface area contributed by atoms with Crippen molar-refractivity contribution < 1.29 is 23.0 Å². The van der Waals surface area contributed by atoms with Gasteiger partial charge in [-0.3, -0.25) is 0 Å². The van der Waals surface area contributed by atoms with E-state index >= 15 is 0 Å². The van der Waals surface area contributed by atoms with Gasteiger partial charge in [0.25, 0.3) is 0 Å². The quantitative estimate of drug-likeness (QED) is 0.469. The summed E-state index contributed by atoms with van der Waals surface area (Å²) in [6, 6.07) is 10.1. The standard InChI is InChI=1S/C22H23ClF3N3O2.ClH/c1-20(2,30)16-12-13(23)10-11-17(16)31-21(3,4)19-28-27-18(29(19)5)14-8-6-7-9-15(14)22(24,25)26;/h6-12,30H,1-5H3;1H. The molecule has 0 atom stereocenters. The van der Waals surface area contributed by atoms with Crippen LogP contribution in [0.25, 0.3) is 11.4 Å². The van der Waals surface area contributed by atoms with Gasteiger partial charge < -0.3 is 14.4 Å². The monoisotopic (exact) mass is 489 g/mol. The van der Waals surface area contributed by atoms with E-state index in [0.29, 0.717) is 22.2 Å². The van der Waals surface area contributed by atoms with Crippen molar-refractivity contribution in [2.75, 3.05) is 0 Å². The number of nitrogens with zero attached hydrogens (tertiary/aromatic N) is 3. The number of ether oxygens (including phenoxy) is 1. The maximum Gasteiger partial charge on any atom is 0.417 e. The lowest BCUT2D eigenvalue weighted by molar-refractivity contribution is -0.137. The van der Waals surface area contributed by atoms with Gasteiger partial charge in [0.15, 0.2) is 17.2 Å². The largest absolute Gasteiger partial charge is 0.479 e. The zero-order chi connectivity index (χ0) is 23.2. The van der Waals surface area contributed by atoms with Crippen molar-refractivity contribution in [1.82, 2.24) is 14.8 Å². The third kappa shape index (κ3) is 5.19. The van der Waals surface area contributed by atoms with E-state index < -0.39 is 22.9 Å². The molecule has 0 aliphatic rings. The van der Waals surface area contributed by atoms with Crippen LogP contribution in [0.15, 0.2) is 42.5 Å². The van der Waals surface area contributed by atoms with E-state index in [-0.39, 0.29) is 23.8 Å². The van der Waals surface area contributed by atoms with Crippen LogP contribution in [0.5, 0.6) is 5.75 Å². The summed E-state index contributed by atoms with van der Waals surface area (Å²) in [4.78, 5) is 0. The fraction of sp³-hybridized carbons (Fsp3) is 0.364. The normalized spacial score (nSPS) is 12.4. The van der Waals surface area contributed by atoms with Crippen molar-refractivity contribution in [3.05, 3.63) is 64.4 Å². The second kappa shape index (κ2) is 8.92. The average molecular weight is 490 g/mol. The molecule has 1 N–H and O–H groups in total. The molecule has 32 heavy (non-hydrogen) atoms. The highest BCUT2D eigenvalue weighted by molar-refractivity contribution is 6.30. The summed E-state index contributed by atoms with van der Waals surface area (Å²) in [5.41, 5.74) is -2.71. The molecule has 1 aromatic heterocycles. The van der Waals surface area contributed by atoms with Crippen LogP contribution in [0.2, 0.25) is 5.02 Å². The lowest BCUT2D eigenvalue weighted by Crippen LogP contribution is -2.30. The number of benzene rings is 2. The minimum atomic E-state index is -4.53. The molecular weight excluding hydrogens is 466 g/mol. The molecule has 0 unspecified atom stereocenters. The first-order valence-corrected chi connectivity index (χ1v) is 9.87. The molecule has 0 bridgehead atoms. The molecular formula is C22H24Cl2F3N3O2. The number of aliphatic hydroxyl groups is 1. The summed E-state index contributed by atoms with van der Waals surface area (Å²) in [5, 5.41) is 19.1. The van der Waals surface area contributed by atoms with E-state index in [1.165, 1.54) is 22.8 Å². The molecule has 1 heterocycles. The van der Waals surface area contributed by atoms with Crippen molar-refractivity contribution in [3.8, 4) is 17.1 Å². The highest BCUT2D eigenvalue weighted by Crippen LogP contribution is 2.39. The minimum Gasteiger partial charge on any atom is -0.479 e. The maximum atomic E-state index is 13.5. The number of aromatic nitrogens is 3. The van der Waals surface area contributed by atoms with Crippen LogP contribution in [-0.2, 0) is 24.4 Å². The molecule has 3 rings (SSSR count). The van der Waals surface area contributed by atoms with Gasteiger partial charge >= 0.3 is 6.18 Å². The molecule has 10 heteroatoms. The predicted octanol–water partition coefficient (Wildman–Crippen LogP) is 6.12. The van der Waals surface area contributed by atoms with Crippen molar-refractivity contribution in [2.24, 2.45) is 7.05 Å². The fourth-order valence-electron chi connectivity index (χ4n) is 3.40. The second-order valence-electron chi connectivity index (χ2n) is 8.26. The molecule has 0 amide bonds. The van der Waals surface area contributed by atoms with Gasteiger partial charge in [-0.05, 0) is 52.0 Å². The predicted molar refractivity (Wildman–Crippen MR) is 119 cm³/mol. The molecule has 0 saturated heterocycles. The SMILES string of the molecule is Cl.Cn1c(-c2ccccc2C(F)(F)F)nnc1C(C)(C)Oc1ccc(Cl)cc1C(C)(C)O. The third-order valence-corrected chi connectivity index (χ3v) is 5.09. The highest BCUT2D eigenvalue weighted by Gasteiger charge is 2.37. The average Bonchev–Trinajstić information content (AvgIpc) is 3.04. The molecule has 0 fully saturated rings. The van der Waals surface area contributed by atoms with Crippen LogP contribution < -0.4 is 4.74 Å². The summed E-state index contributed by atoms with van der Waals surface area (Å²) in [5.74, 6) is 0.761. The molecule has 0 aliphatic carbocycles. The van der Waals surface area contributed by atoms with Gasteiger partial charge in [0.2, 0.25) is 0 Å². The van der Waals surface area contributed by atoms with Gasteiger partial charge in [0.1, 0.15) is 5.75 Å². The molecule has 2 aromatic carbocycles. The first kappa shape index (κ1) is 26.0. The summed E-state index contributed by atoms with van der Waals surface area (Å²) in [7, 11) is 1.59. The van der Waals surface area contributed by atoms with Crippen LogP contribution in [0, 0.1) is 0 Å². The van der Waals surface area contributed by atoms with E-state index in [4.69, 9.17) is 16.3 Å². The van der Waals surface area contributed by atoms with E-state index in [1.807, 2.05) is 0 Å². The van der Waals surface area contributed by atoms with E-state index in [2.05, 4.69) is 10.2 Å². The first-order chi connectivity index (χ1) is 14.2. The number of alkyl halides is 3. The number of rotatable bonds is 5. The highest BCUT2D eigenvalue weighted by atomic mass is 35.5. The van der Waals surface area contributed by atoms with E-state index in [1.54, 1.807) is 52.9 Å². The number of hydrogen-bond acceptors (Lipinski definition) is 4. The summed E-state index contributed by atoms with van der Waals surface area (Å²) in [6.45, 7) is 6.65. The van der Waals surface area contributed by atoms with Crippen molar-refractivity contribution >= 4 is 24.0 Å². The maximum absolute atomic E-state index is 13.5. The lowest BCUT2D eigenvalue weighted by atomic mass is 9.97. The van der Waals surface area contributed by atoms with Gasteiger partial charge in [-0.2, -0.15) is 13.2 Å². The van der Waals surface area contributed by atoms with Crippen LogP contribution in [0.3, 0.4) is 0 Å². The lowest BCUT2D eigenvalue weighted by Gasteiger charge is -2.29. The Hall–Kier alpha value is -2.29. The topological polar surface area (TPSA) is 60.2 Å². The van der Waals surface area contributed by atoms with Gasteiger partial charge in [-0.1, -0.05) is 29.8 Å². The van der Waals surface area contributed by atoms with Crippen LogP contribution in [0.1, 0.15) is 44.6 Å². The molecule has 5 nitrogen and oxygen atoms in total. The van der Waals surface area contributed by atoms with Crippen LogP contribution in [-0.4, -0.2) is 19.9 Å². The Kier molecular flexibility index (Phi) is 7.24. The molecule has 0 aliphatic heterocycles. The zero-order valence-electron chi connectivity index (χ0n) is 18.2. The van der Waals surface area contributed by atoms with E-state index in [9.17, 15) is 18.3 Å². The Morgan fingerprint density at radius 1 is 0.969 bits per heavy atom. The van der Waals surface area contributed by atoms with Gasteiger partial charge in [0.05, 0.1) is 11.2 Å². The molecule has 174 valence electrons. The van der Waals surface area contributed by atoms with Crippen LogP contribution in [0.4, 0.5) is 13.2 Å². The van der Waals surface area contributed by atoms with Crippen LogP contribution >= 0.6 is 24.0 Å². The van der Waals surface area contributed by atoms with Gasteiger partial charge in [-0.15, -0.1) is 22.6 Å². The Balaban J connectivity index is 0.00000363. The second-order valence-corrected chi connectivity index (χ2v) is 8.70. The van der Waals surface area contributed by atoms with Crippen molar-refractivity contribution in [3.63, 3.8) is 0 Å². The van der Waals surface area contributed by atoms with Gasteiger partial charge in [0, 0.05) is 23.2 Å². The zero-order valence-corrected chi connectivity index (χ0v) is 19.7. The van der Waals surface area contributed by atoms with E-state index in [0.717, 1.165) is 6.07 Å². The molecule has 0 saturated carbocycles. The fourth-order valence-corrected chi connectivity index (χ4v) is 3.58. The summed E-state index contributed by atoms with van der Waals surface area (Å²) < 4.78 is 48.0. The Labute approximate surface area is 195 Å². The van der Waals surface area contributed by atoms with Crippen molar-refractivity contribution in [2.45, 2.75) is 45.1 Å². The van der Waals surface area contributed by atoms with Crippen molar-refractivity contribution in [1.29, 1.82) is 0 Å². The third-order valence-electron chi connectivity index (χ3n) is 4.85. The first-order valence-electron chi connectivity index (χ1n) is 9.49. The Bertz CT molecular complexity index is 1110. The Morgan fingerprint density at radius 2 is 1.59 bits per heavy atom. The molecule has 3 aromatic rings. The number of hydrogen-bond donors (Lipinski definition) is 1. The van der Waals surface area contributed by atoms with Gasteiger partial charge in [-0.25, -0.2) is 0 Å². The molecule has 0 radical (unpaired) electrons.